The van der Waals surface area contributed by atoms with Crippen molar-refractivity contribution in [2.24, 2.45) is 28.8 Å². The quantitative estimate of drug-likeness (QED) is 0.118. The largest absolute Gasteiger partial charge is 0.514 e. The summed E-state index contributed by atoms with van der Waals surface area (Å²) in [6.45, 7) is 0.0636. The fourth-order valence-corrected chi connectivity index (χ4v) is 6.14. The van der Waals surface area contributed by atoms with Gasteiger partial charge in [0, 0.05) is 16.2 Å². The molecule has 0 spiro atoms. The monoisotopic (exact) mass is 445 g/mol. The van der Waals surface area contributed by atoms with Gasteiger partial charge in [0.2, 0.25) is 0 Å². The van der Waals surface area contributed by atoms with Gasteiger partial charge in [-0.25, -0.2) is 4.79 Å². The van der Waals surface area contributed by atoms with E-state index in [0.717, 1.165) is 28.7 Å². The van der Waals surface area contributed by atoms with Gasteiger partial charge in [-0.05, 0) is 84.6 Å². The Bertz CT molecular complexity index is 1090. The summed E-state index contributed by atoms with van der Waals surface area (Å²) in [5.41, 5.74) is 12.1. The number of methoxy groups -OCH3 is 1. The van der Waals surface area contributed by atoms with Gasteiger partial charge in [0.05, 0.1) is 7.11 Å². The second-order valence-corrected chi connectivity index (χ2v) is 9.32. The van der Waals surface area contributed by atoms with Crippen LogP contribution in [0.2, 0.25) is 0 Å². The molecule has 4 aliphatic carbocycles. The summed E-state index contributed by atoms with van der Waals surface area (Å²) in [5.74, 6) is 4.38. The van der Waals surface area contributed by atoms with Crippen molar-refractivity contribution in [3.05, 3.63) is 75.7 Å². The van der Waals surface area contributed by atoms with Crippen molar-refractivity contribution in [3.63, 3.8) is 0 Å². The average molecular weight is 446 g/mol. The first-order valence-corrected chi connectivity index (χ1v) is 11.5. The van der Waals surface area contributed by atoms with E-state index in [2.05, 4.69) is 10.0 Å². The molecule has 4 saturated carbocycles. The van der Waals surface area contributed by atoms with Crippen LogP contribution < -0.4 is 4.74 Å². The summed E-state index contributed by atoms with van der Waals surface area (Å²) in [5, 5.41) is 3.52. The topological polar surface area (TPSA) is 93.5 Å². The highest BCUT2D eigenvalue weighted by molar-refractivity contribution is 5.68. The molecule has 6 rings (SSSR count). The van der Waals surface area contributed by atoms with E-state index in [1.54, 1.807) is 37.4 Å². The van der Waals surface area contributed by atoms with Crippen molar-refractivity contribution in [1.29, 1.82) is 0 Å². The maximum Gasteiger partial charge on any atom is 0.514 e. The molecule has 4 fully saturated rings. The van der Waals surface area contributed by atoms with Crippen molar-refractivity contribution in [3.8, 4) is 5.75 Å². The van der Waals surface area contributed by atoms with E-state index < -0.39 is 6.16 Å². The molecule has 0 amide bonds. The smallest absolute Gasteiger partial charge is 0.496 e. The molecular formula is C26H27N3O4. The first kappa shape index (κ1) is 21.4. The molecule has 0 aromatic heterocycles. The molecule has 0 radical (unpaired) electrons. The Hall–Kier alpha value is -3.44. The number of carbonyl (C=O) groups excluding carboxylic acids is 1. The SMILES string of the molecule is COC(=C1C2CC3CC(C2)CC1C3)c1cccc(OC(=O)OCc2ccc(N=[N+]=[N-])cc2)c1. The molecule has 0 unspecified atom stereocenters. The second-order valence-electron chi connectivity index (χ2n) is 9.32. The standard InChI is InChI=1S/C26H27N3O4/c1-31-25(24-20-10-17-9-18(12-20)13-21(24)11-17)19-3-2-4-23(14-19)33-26(30)32-15-16-5-7-22(8-6-16)28-29-27/h2-8,14,17-18,20-21H,9-13,15H2,1H3. The number of nitrogens with zero attached hydrogens (tertiary/aromatic N) is 3. The van der Waals surface area contributed by atoms with E-state index in [1.165, 1.54) is 37.7 Å². The molecule has 170 valence electrons. The number of rotatable bonds is 6. The fraction of sp³-hybridized carbons (Fsp3) is 0.423. The number of azide groups is 1. The van der Waals surface area contributed by atoms with Crippen LogP contribution in [0.15, 0.2) is 59.2 Å². The van der Waals surface area contributed by atoms with Crippen molar-refractivity contribution < 1.29 is 19.0 Å². The lowest BCUT2D eigenvalue weighted by molar-refractivity contribution is 0.0675. The molecule has 0 aliphatic heterocycles. The highest BCUT2D eigenvalue weighted by Crippen LogP contribution is 2.58. The summed E-state index contributed by atoms with van der Waals surface area (Å²) >= 11 is 0. The third-order valence-corrected chi connectivity index (χ3v) is 7.23. The maximum atomic E-state index is 12.3. The lowest BCUT2D eigenvalue weighted by atomic mass is 9.54. The Morgan fingerprint density at radius 3 is 2.36 bits per heavy atom. The normalized spacial score (nSPS) is 24.7. The van der Waals surface area contributed by atoms with Gasteiger partial charge in [0.25, 0.3) is 0 Å². The van der Waals surface area contributed by atoms with Crippen LogP contribution in [0.3, 0.4) is 0 Å². The Labute approximate surface area is 193 Å². The highest BCUT2D eigenvalue weighted by Gasteiger charge is 2.46. The van der Waals surface area contributed by atoms with E-state index in [1.807, 2.05) is 18.2 Å². The van der Waals surface area contributed by atoms with Crippen LogP contribution in [0.5, 0.6) is 5.75 Å². The third kappa shape index (κ3) is 4.55. The van der Waals surface area contributed by atoms with Crippen LogP contribution in [-0.4, -0.2) is 13.3 Å². The van der Waals surface area contributed by atoms with Gasteiger partial charge in [0.1, 0.15) is 18.1 Å². The Kier molecular flexibility index (Phi) is 5.97. The number of hydrogen-bond acceptors (Lipinski definition) is 5. The third-order valence-electron chi connectivity index (χ3n) is 7.23. The molecule has 0 saturated heterocycles. The van der Waals surface area contributed by atoms with Gasteiger partial charge in [-0.1, -0.05) is 41.5 Å². The molecule has 2 aromatic carbocycles. The number of hydrogen-bond donors (Lipinski definition) is 0. The minimum atomic E-state index is -0.771. The number of carbonyl (C=O) groups is 1. The fourth-order valence-electron chi connectivity index (χ4n) is 6.14. The molecule has 0 heterocycles. The van der Waals surface area contributed by atoms with Crippen molar-refractivity contribution in [2.45, 2.75) is 38.7 Å². The minimum Gasteiger partial charge on any atom is -0.496 e. The van der Waals surface area contributed by atoms with Crippen LogP contribution >= 0.6 is 0 Å². The van der Waals surface area contributed by atoms with E-state index in [-0.39, 0.29) is 6.61 Å². The lowest BCUT2D eigenvalue weighted by Gasteiger charge is -2.51. The van der Waals surface area contributed by atoms with Crippen molar-refractivity contribution in [2.75, 3.05) is 7.11 Å². The van der Waals surface area contributed by atoms with Gasteiger partial charge in [-0.15, -0.1) is 0 Å². The number of allylic oxidation sites excluding steroid dienone is 1. The predicted octanol–water partition coefficient (Wildman–Crippen LogP) is 7.16. The second kappa shape index (κ2) is 9.20. The first-order valence-electron chi connectivity index (χ1n) is 11.5. The molecule has 4 aliphatic rings. The highest BCUT2D eigenvalue weighted by atomic mass is 16.7. The maximum absolute atomic E-state index is 12.3. The van der Waals surface area contributed by atoms with Crippen LogP contribution in [0.1, 0.15) is 43.2 Å². The Balaban J connectivity index is 1.27. The lowest BCUT2D eigenvalue weighted by Crippen LogP contribution is -2.40. The summed E-state index contributed by atoms with van der Waals surface area (Å²) in [6.07, 6.45) is 5.76. The van der Waals surface area contributed by atoms with E-state index in [0.29, 0.717) is 23.3 Å². The zero-order chi connectivity index (χ0) is 22.8. The Morgan fingerprint density at radius 2 is 1.73 bits per heavy atom. The molecule has 2 aromatic rings. The molecule has 7 heteroatoms. The number of benzene rings is 2. The number of ether oxygens (including phenoxy) is 3. The molecule has 4 bridgehead atoms. The van der Waals surface area contributed by atoms with Crippen LogP contribution in [0.25, 0.3) is 16.2 Å². The zero-order valence-electron chi connectivity index (χ0n) is 18.6. The molecule has 7 nitrogen and oxygen atoms in total. The molecule has 0 atom stereocenters. The van der Waals surface area contributed by atoms with Crippen molar-refractivity contribution in [1.82, 2.24) is 0 Å². The molecular weight excluding hydrogens is 418 g/mol. The van der Waals surface area contributed by atoms with Gasteiger partial charge in [0.15, 0.2) is 0 Å². The molecule has 33 heavy (non-hydrogen) atoms. The van der Waals surface area contributed by atoms with Crippen molar-refractivity contribution >= 4 is 17.6 Å². The minimum absolute atomic E-state index is 0.0636. The summed E-state index contributed by atoms with van der Waals surface area (Å²) < 4.78 is 16.6. The van der Waals surface area contributed by atoms with E-state index in [4.69, 9.17) is 19.7 Å². The average Bonchev–Trinajstić information content (AvgIpc) is 2.81. The summed E-state index contributed by atoms with van der Waals surface area (Å²) in [7, 11) is 1.74. The van der Waals surface area contributed by atoms with Crippen LogP contribution in [-0.2, 0) is 16.1 Å². The summed E-state index contributed by atoms with van der Waals surface area (Å²) in [6, 6.07) is 14.3. The molecule has 0 N–H and O–H groups in total. The first-order chi connectivity index (χ1) is 16.1. The van der Waals surface area contributed by atoms with E-state index >= 15 is 0 Å². The van der Waals surface area contributed by atoms with Crippen LogP contribution in [0, 0.1) is 23.7 Å². The van der Waals surface area contributed by atoms with Gasteiger partial charge >= 0.3 is 6.16 Å². The van der Waals surface area contributed by atoms with Crippen LogP contribution in [0.4, 0.5) is 10.5 Å². The van der Waals surface area contributed by atoms with Gasteiger partial charge in [-0.3, -0.25) is 0 Å². The predicted molar refractivity (Wildman–Crippen MR) is 123 cm³/mol. The van der Waals surface area contributed by atoms with Gasteiger partial charge in [-0.2, -0.15) is 0 Å². The van der Waals surface area contributed by atoms with E-state index in [9.17, 15) is 4.79 Å². The zero-order valence-corrected chi connectivity index (χ0v) is 18.6. The summed E-state index contributed by atoms with van der Waals surface area (Å²) in [4.78, 5) is 15.0. The Morgan fingerprint density at radius 1 is 1.03 bits per heavy atom. The van der Waals surface area contributed by atoms with Gasteiger partial charge < -0.3 is 14.2 Å².